The number of amides is 1. The molecule has 0 bridgehead atoms. The van der Waals surface area contributed by atoms with E-state index >= 15 is 0 Å². The number of rotatable bonds is 7. The molecule has 188 valence electrons. The first-order chi connectivity index (χ1) is 17.5. The molecule has 1 unspecified atom stereocenters. The second-order valence-corrected chi connectivity index (χ2v) is 9.98. The van der Waals surface area contributed by atoms with Gasteiger partial charge in [0.1, 0.15) is 19.3 Å². The predicted octanol–water partition coefficient (Wildman–Crippen LogP) is 4.32. The molecule has 6 nitrogen and oxygen atoms in total. The number of nitrogens with zero attached hydrogens (tertiary/aromatic N) is 2. The largest absolute Gasteiger partial charge is 0.487 e. The molecule has 2 aliphatic rings. The fourth-order valence-electron chi connectivity index (χ4n) is 5.15. The zero-order valence-corrected chi connectivity index (χ0v) is 21.0. The van der Waals surface area contributed by atoms with Crippen molar-refractivity contribution >= 4 is 22.8 Å². The van der Waals surface area contributed by atoms with Crippen molar-refractivity contribution in [2.24, 2.45) is 0 Å². The second-order valence-electron chi connectivity index (χ2n) is 9.98. The van der Waals surface area contributed by atoms with Gasteiger partial charge in [0.25, 0.3) is 5.91 Å². The van der Waals surface area contributed by atoms with E-state index in [1.807, 2.05) is 24.3 Å². The summed E-state index contributed by atoms with van der Waals surface area (Å²) >= 11 is 0. The highest BCUT2D eigenvalue weighted by atomic mass is 16.5. The van der Waals surface area contributed by atoms with Gasteiger partial charge >= 0.3 is 0 Å². The Morgan fingerprint density at radius 2 is 1.86 bits per heavy atom. The van der Waals surface area contributed by atoms with E-state index in [2.05, 4.69) is 47.4 Å². The van der Waals surface area contributed by atoms with Crippen molar-refractivity contribution < 1.29 is 19.4 Å². The summed E-state index contributed by atoms with van der Waals surface area (Å²) in [5, 5.41) is 13.3. The highest BCUT2D eigenvalue weighted by Crippen LogP contribution is 2.36. The summed E-state index contributed by atoms with van der Waals surface area (Å²) in [6, 6.07) is 20.9. The number of aliphatic hydroxyl groups excluding tert-OH is 1. The van der Waals surface area contributed by atoms with E-state index in [4.69, 9.17) is 9.47 Å². The SMILES string of the molecule is CN(C)C(=O)C1=Cc2cccc(OCC(O)CN3CCC(c4ccc5ccccc5c4)CC3)c2OC1. The van der Waals surface area contributed by atoms with Crippen LogP contribution >= 0.6 is 0 Å². The van der Waals surface area contributed by atoms with Crippen LogP contribution in [0.25, 0.3) is 16.8 Å². The first kappa shape index (κ1) is 24.3. The molecule has 0 aromatic heterocycles. The number of piperidine rings is 1. The van der Waals surface area contributed by atoms with Gasteiger partial charge in [0.15, 0.2) is 11.5 Å². The number of benzene rings is 3. The van der Waals surface area contributed by atoms with E-state index in [1.165, 1.54) is 16.3 Å². The van der Waals surface area contributed by atoms with Crippen LogP contribution in [0.4, 0.5) is 0 Å². The molecule has 2 heterocycles. The van der Waals surface area contributed by atoms with Crippen LogP contribution in [0.1, 0.15) is 29.9 Å². The normalized spacial score (nSPS) is 17.1. The molecule has 3 aromatic rings. The van der Waals surface area contributed by atoms with Crippen LogP contribution in [0, 0.1) is 0 Å². The van der Waals surface area contributed by atoms with Gasteiger partial charge in [-0.05, 0) is 60.3 Å². The molecule has 1 atom stereocenters. The summed E-state index contributed by atoms with van der Waals surface area (Å²) in [4.78, 5) is 16.1. The number of β-amino-alcohol motifs (C(OH)–C–C–N with tert-alkyl or cyclic N) is 1. The number of para-hydroxylation sites is 1. The molecule has 3 aromatic carbocycles. The smallest absolute Gasteiger partial charge is 0.252 e. The Labute approximate surface area is 212 Å². The molecular weight excluding hydrogens is 452 g/mol. The molecule has 0 saturated carbocycles. The molecule has 1 amide bonds. The third kappa shape index (κ3) is 5.40. The van der Waals surface area contributed by atoms with Crippen molar-refractivity contribution in [2.75, 3.05) is 46.9 Å². The average molecular weight is 487 g/mol. The highest BCUT2D eigenvalue weighted by molar-refractivity contribution is 5.99. The molecule has 0 radical (unpaired) electrons. The van der Waals surface area contributed by atoms with Gasteiger partial charge in [0.2, 0.25) is 0 Å². The highest BCUT2D eigenvalue weighted by Gasteiger charge is 2.24. The lowest BCUT2D eigenvalue weighted by atomic mass is 9.88. The topological polar surface area (TPSA) is 62.2 Å². The third-order valence-corrected chi connectivity index (χ3v) is 7.12. The van der Waals surface area contributed by atoms with Gasteiger partial charge in [-0.1, -0.05) is 54.6 Å². The minimum atomic E-state index is -0.594. The Morgan fingerprint density at radius 1 is 1.08 bits per heavy atom. The van der Waals surface area contributed by atoms with Crippen molar-refractivity contribution in [3.63, 3.8) is 0 Å². The minimum absolute atomic E-state index is 0.0632. The van der Waals surface area contributed by atoms with Crippen molar-refractivity contribution in [3.05, 3.63) is 77.4 Å². The van der Waals surface area contributed by atoms with Crippen LogP contribution < -0.4 is 9.47 Å². The van der Waals surface area contributed by atoms with Crippen LogP contribution in [0.3, 0.4) is 0 Å². The maximum Gasteiger partial charge on any atom is 0.252 e. The van der Waals surface area contributed by atoms with Gasteiger partial charge in [0.05, 0.1) is 5.57 Å². The standard InChI is InChI=1S/C30H34N2O4/c1-31(2)30(34)26-17-25-8-5-9-28(29(25)36-19-26)35-20-27(33)18-32-14-12-22(13-15-32)24-11-10-21-6-3-4-7-23(21)16-24/h3-11,16-17,22,27,33H,12-15,18-20H2,1-2H3. The molecule has 0 spiro atoms. The van der Waals surface area contributed by atoms with Crippen LogP contribution in [0.15, 0.2) is 66.2 Å². The Morgan fingerprint density at radius 3 is 2.64 bits per heavy atom. The van der Waals surface area contributed by atoms with Crippen molar-refractivity contribution in [2.45, 2.75) is 24.9 Å². The van der Waals surface area contributed by atoms with Crippen molar-refractivity contribution in [1.82, 2.24) is 9.80 Å². The molecule has 1 saturated heterocycles. The van der Waals surface area contributed by atoms with Crippen LogP contribution in [0.5, 0.6) is 11.5 Å². The Balaban J connectivity index is 1.13. The number of carbonyl (C=O) groups excluding carboxylic acids is 1. The number of likely N-dealkylation sites (tertiary alicyclic amines) is 1. The van der Waals surface area contributed by atoms with Gasteiger partial charge in [-0.3, -0.25) is 4.79 Å². The number of carbonyl (C=O) groups is 1. The quantitative estimate of drug-likeness (QED) is 0.539. The van der Waals surface area contributed by atoms with E-state index in [-0.39, 0.29) is 19.1 Å². The number of hydrogen-bond acceptors (Lipinski definition) is 5. The van der Waals surface area contributed by atoms with Gasteiger partial charge in [0, 0.05) is 26.2 Å². The van der Waals surface area contributed by atoms with Crippen LogP contribution in [0.2, 0.25) is 0 Å². The molecule has 1 fully saturated rings. The van der Waals surface area contributed by atoms with Crippen molar-refractivity contribution in [3.8, 4) is 11.5 Å². The predicted molar refractivity (Wildman–Crippen MR) is 142 cm³/mol. The fraction of sp³-hybridized carbons (Fsp3) is 0.367. The summed E-state index contributed by atoms with van der Waals surface area (Å²) in [7, 11) is 3.46. The summed E-state index contributed by atoms with van der Waals surface area (Å²) < 4.78 is 11.8. The lowest BCUT2D eigenvalue weighted by Gasteiger charge is -2.33. The van der Waals surface area contributed by atoms with E-state index in [9.17, 15) is 9.90 Å². The second kappa shape index (κ2) is 10.7. The number of likely N-dealkylation sites (N-methyl/N-ethyl adjacent to an activating group) is 1. The Kier molecular flexibility index (Phi) is 7.25. The van der Waals surface area contributed by atoms with Gasteiger partial charge < -0.3 is 24.4 Å². The minimum Gasteiger partial charge on any atom is -0.487 e. The zero-order chi connectivity index (χ0) is 25.1. The van der Waals surface area contributed by atoms with E-state index < -0.39 is 6.10 Å². The maximum atomic E-state index is 12.3. The average Bonchev–Trinajstić information content (AvgIpc) is 2.91. The summed E-state index contributed by atoms with van der Waals surface area (Å²) in [6.07, 6.45) is 3.44. The van der Waals surface area contributed by atoms with E-state index in [0.29, 0.717) is 29.5 Å². The number of aliphatic hydroxyl groups is 1. The van der Waals surface area contributed by atoms with E-state index in [1.54, 1.807) is 19.0 Å². The third-order valence-electron chi connectivity index (χ3n) is 7.12. The van der Waals surface area contributed by atoms with Gasteiger partial charge in [-0.2, -0.15) is 0 Å². The van der Waals surface area contributed by atoms with Gasteiger partial charge in [-0.25, -0.2) is 0 Å². The number of fused-ring (bicyclic) bond motifs is 2. The fourth-order valence-corrected chi connectivity index (χ4v) is 5.15. The molecule has 0 aliphatic carbocycles. The molecule has 1 N–H and O–H groups in total. The zero-order valence-electron chi connectivity index (χ0n) is 21.0. The lowest BCUT2D eigenvalue weighted by molar-refractivity contribution is -0.125. The molecule has 5 rings (SSSR count). The maximum absolute atomic E-state index is 12.3. The molecule has 6 heteroatoms. The first-order valence-corrected chi connectivity index (χ1v) is 12.7. The Hall–Kier alpha value is -3.35. The van der Waals surface area contributed by atoms with Crippen LogP contribution in [-0.4, -0.2) is 73.9 Å². The molecule has 36 heavy (non-hydrogen) atoms. The van der Waals surface area contributed by atoms with Crippen molar-refractivity contribution in [1.29, 1.82) is 0 Å². The van der Waals surface area contributed by atoms with E-state index in [0.717, 1.165) is 31.5 Å². The van der Waals surface area contributed by atoms with Gasteiger partial charge in [-0.15, -0.1) is 0 Å². The summed E-state index contributed by atoms with van der Waals surface area (Å²) in [6.45, 7) is 2.91. The first-order valence-electron chi connectivity index (χ1n) is 12.7. The van der Waals surface area contributed by atoms with Crippen LogP contribution in [-0.2, 0) is 4.79 Å². The monoisotopic (exact) mass is 486 g/mol. The summed E-state index contributed by atoms with van der Waals surface area (Å²) in [5.41, 5.74) is 2.83. The Bertz CT molecular complexity index is 1260. The summed E-state index contributed by atoms with van der Waals surface area (Å²) in [5.74, 6) is 1.71. The molecular formula is C30H34N2O4. The number of hydrogen-bond donors (Lipinski definition) is 1. The lowest BCUT2D eigenvalue weighted by Crippen LogP contribution is -2.40. The number of ether oxygens (including phenoxy) is 2. The molecule has 2 aliphatic heterocycles.